The standard InChI is InChI=1S/C15H20F3N/c1-3-11(2)19-9-8-13(10-19)12-4-6-14(7-5-12)15(16,17)18/h4-7,11,13H,3,8-10H2,1-2H3. The largest absolute Gasteiger partial charge is 0.416 e. The van der Waals surface area contributed by atoms with Gasteiger partial charge in [-0.25, -0.2) is 0 Å². The van der Waals surface area contributed by atoms with Crippen LogP contribution in [-0.2, 0) is 6.18 Å². The molecule has 1 aromatic rings. The van der Waals surface area contributed by atoms with Gasteiger partial charge in [0.05, 0.1) is 5.56 Å². The predicted octanol–water partition coefficient (Wildman–Crippen LogP) is 4.29. The summed E-state index contributed by atoms with van der Waals surface area (Å²) < 4.78 is 37.5. The van der Waals surface area contributed by atoms with Crippen LogP contribution >= 0.6 is 0 Å². The van der Waals surface area contributed by atoms with E-state index in [1.165, 1.54) is 12.1 Å². The van der Waals surface area contributed by atoms with Crippen molar-refractivity contribution in [1.29, 1.82) is 0 Å². The van der Waals surface area contributed by atoms with Crippen LogP contribution in [0.3, 0.4) is 0 Å². The number of alkyl halides is 3. The lowest BCUT2D eigenvalue weighted by Crippen LogP contribution is -2.29. The van der Waals surface area contributed by atoms with Gasteiger partial charge in [-0.3, -0.25) is 0 Å². The van der Waals surface area contributed by atoms with E-state index in [1.807, 2.05) is 0 Å². The van der Waals surface area contributed by atoms with Crippen LogP contribution in [0, 0.1) is 0 Å². The van der Waals surface area contributed by atoms with Crippen LogP contribution in [-0.4, -0.2) is 24.0 Å². The Morgan fingerprint density at radius 1 is 1.26 bits per heavy atom. The molecule has 0 bridgehead atoms. The highest BCUT2D eigenvalue weighted by Crippen LogP contribution is 2.33. The summed E-state index contributed by atoms with van der Waals surface area (Å²) in [6.45, 7) is 6.37. The van der Waals surface area contributed by atoms with Crippen molar-refractivity contribution < 1.29 is 13.2 Å². The Hall–Kier alpha value is -1.03. The van der Waals surface area contributed by atoms with Crippen molar-refractivity contribution in [3.8, 4) is 0 Å². The zero-order valence-corrected chi connectivity index (χ0v) is 11.4. The molecule has 19 heavy (non-hydrogen) atoms. The highest BCUT2D eigenvalue weighted by molar-refractivity contribution is 5.28. The average Bonchev–Trinajstić information content (AvgIpc) is 2.86. The quantitative estimate of drug-likeness (QED) is 0.792. The molecule has 2 rings (SSSR count). The maximum absolute atomic E-state index is 12.5. The highest BCUT2D eigenvalue weighted by atomic mass is 19.4. The molecule has 1 aromatic carbocycles. The van der Waals surface area contributed by atoms with Crippen LogP contribution < -0.4 is 0 Å². The second kappa shape index (κ2) is 5.53. The van der Waals surface area contributed by atoms with Gasteiger partial charge in [-0.2, -0.15) is 13.2 Å². The van der Waals surface area contributed by atoms with E-state index in [0.717, 1.165) is 31.5 Å². The van der Waals surface area contributed by atoms with Gasteiger partial charge in [0.2, 0.25) is 0 Å². The first kappa shape index (κ1) is 14.4. The van der Waals surface area contributed by atoms with Gasteiger partial charge < -0.3 is 4.90 Å². The van der Waals surface area contributed by atoms with Crippen molar-refractivity contribution in [3.63, 3.8) is 0 Å². The first-order chi connectivity index (χ1) is 8.91. The minimum atomic E-state index is -4.24. The maximum Gasteiger partial charge on any atom is 0.416 e. The summed E-state index contributed by atoms with van der Waals surface area (Å²) in [5, 5.41) is 0. The topological polar surface area (TPSA) is 3.24 Å². The molecule has 4 heteroatoms. The molecule has 0 aromatic heterocycles. The molecule has 0 amide bonds. The van der Waals surface area contributed by atoms with Crippen molar-refractivity contribution >= 4 is 0 Å². The summed E-state index contributed by atoms with van der Waals surface area (Å²) in [5.74, 6) is 0.372. The van der Waals surface area contributed by atoms with Gasteiger partial charge in [-0.15, -0.1) is 0 Å². The number of hydrogen-bond donors (Lipinski definition) is 0. The van der Waals surface area contributed by atoms with Crippen LogP contribution in [0.1, 0.15) is 43.7 Å². The molecule has 0 N–H and O–H groups in total. The third-order valence-corrected chi connectivity index (χ3v) is 4.14. The lowest BCUT2D eigenvalue weighted by Gasteiger charge is -2.23. The van der Waals surface area contributed by atoms with Gasteiger partial charge in [0.25, 0.3) is 0 Å². The van der Waals surface area contributed by atoms with Gasteiger partial charge >= 0.3 is 6.18 Å². The van der Waals surface area contributed by atoms with Gasteiger partial charge in [-0.05, 0) is 49.9 Å². The van der Waals surface area contributed by atoms with E-state index in [4.69, 9.17) is 0 Å². The van der Waals surface area contributed by atoms with Gasteiger partial charge in [-0.1, -0.05) is 19.1 Å². The monoisotopic (exact) mass is 271 g/mol. The SMILES string of the molecule is CCC(C)N1CCC(c2ccc(C(F)(F)F)cc2)C1. The minimum absolute atomic E-state index is 0.372. The Labute approximate surface area is 112 Å². The molecule has 1 saturated heterocycles. The number of nitrogens with zero attached hydrogens (tertiary/aromatic N) is 1. The van der Waals surface area contributed by atoms with E-state index >= 15 is 0 Å². The number of halogens is 3. The van der Waals surface area contributed by atoms with Gasteiger partial charge in [0, 0.05) is 12.6 Å². The first-order valence-corrected chi connectivity index (χ1v) is 6.83. The second-order valence-electron chi connectivity index (χ2n) is 5.36. The molecular formula is C15H20F3N. The smallest absolute Gasteiger partial charge is 0.300 e. The fourth-order valence-electron chi connectivity index (χ4n) is 2.66. The van der Waals surface area contributed by atoms with Gasteiger partial charge in [0.15, 0.2) is 0 Å². The van der Waals surface area contributed by atoms with Crippen molar-refractivity contribution in [2.45, 2.75) is 44.8 Å². The van der Waals surface area contributed by atoms with Crippen molar-refractivity contribution in [2.24, 2.45) is 0 Å². The molecule has 0 aliphatic carbocycles. The molecule has 1 fully saturated rings. The molecule has 0 spiro atoms. The molecule has 1 nitrogen and oxygen atoms in total. The molecule has 2 atom stereocenters. The number of rotatable bonds is 3. The van der Waals surface area contributed by atoms with E-state index in [2.05, 4.69) is 18.7 Å². The van der Waals surface area contributed by atoms with Crippen molar-refractivity contribution in [2.75, 3.05) is 13.1 Å². The summed E-state index contributed by atoms with van der Waals surface area (Å²) >= 11 is 0. The fourth-order valence-corrected chi connectivity index (χ4v) is 2.66. The number of likely N-dealkylation sites (tertiary alicyclic amines) is 1. The molecule has 1 aliphatic rings. The van der Waals surface area contributed by atoms with Crippen LogP contribution in [0.25, 0.3) is 0 Å². The highest BCUT2D eigenvalue weighted by Gasteiger charge is 2.31. The summed E-state index contributed by atoms with van der Waals surface area (Å²) in [6, 6.07) is 6.21. The fraction of sp³-hybridized carbons (Fsp3) is 0.600. The molecule has 1 heterocycles. The van der Waals surface area contributed by atoms with E-state index in [-0.39, 0.29) is 0 Å². The molecule has 0 saturated carbocycles. The van der Waals surface area contributed by atoms with E-state index in [9.17, 15) is 13.2 Å². The lowest BCUT2D eigenvalue weighted by atomic mass is 9.97. The van der Waals surface area contributed by atoms with Crippen LogP contribution in [0.2, 0.25) is 0 Å². The van der Waals surface area contributed by atoms with Gasteiger partial charge in [0.1, 0.15) is 0 Å². The molecule has 1 aliphatic heterocycles. The molecule has 2 unspecified atom stereocenters. The number of hydrogen-bond acceptors (Lipinski definition) is 1. The van der Waals surface area contributed by atoms with Crippen molar-refractivity contribution in [1.82, 2.24) is 4.90 Å². The second-order valence-corrected chi connectivity index (χ2v) is 5.36. The Kier molecular flexibility index (Phi) is 4.19. The Morgan fingerprint density at radius 3 is 2.42 bits per heavy atom. The van der Waals surface area contributed by atoms with Crippen LogP contribution in [0.15, 0.2) is 24.3 Å². The Morgan fingerprint density at radius 2 is 1.89 bits per heavy atom. The number of benzene rings is 1. The predicted molar refractivity (Wildman–Crippen MR) is 70.1 cm³/mol. The zero-order valence-electron chi connectivity index (χ0n) is 11.4. The summed E-state index contributed by atoms with van der Waals surface area (Å²) in [7, 11) is 0. The molecule has 106 valence electrons. The average molecular weight is 271 g/mol. The Balaban J connectivity index is 2.04. The van der Waals surface area contributed by atoms with Crippen LogP contribution in [0.5, 0.6) is 0 Å². The minimum Gasteiger partial charge on any atom is -0.300 e. The van der Waals surface area contributed by atoms with E-state index < -0.39 is 11.7 Å². The normalized spacial score (nSPS) is 22.7. The lowest BCUT2D eigenvalue weighted by molar-refractivity contribution is -0.137. The first-order valence-electron chi connectivity index (χ1n) is 6.83. The summed E-state index contributed by atoms with van der Waals surface area (Å²) in [4.78, 5) is 2.42. The zero-order chi connectivity index (χ0) is 14.0. The van der Waals surface area contributed by atoms with E-state index in [0.29, 0.717) is 12.0 Å². The third-order valence-electron chi connectivity index (χ3n) is 4.14. The summed E-state index contributed by atoms with van der Waals surface area (Å²) in [6.07, 6.45) is -2.09. The summed E-state index contributed by atoms with van der Waals surface area (Å²) in [5.41, 5.74) is 0.465. The third kappa shape index (κ3) is 3.30. The van der Waals surface area contributed by atoms with Crippen LogP contribution in [0.4, 0.5) is 13.2 Å². The molecular weight excluding hydrogens is 251 g/mol. The maximum atomic E-state index is 12.5. The molecule has 0 radical (unpaired) electrons. The van der Waals surface area contributed by atoms with E-state index in [1.54, 1.807) is 12.1 Å². The van der Waals surface area contributed by atoms with Crippen molar-refractivity contribution in [3.05, 3.63) is 35.4 Å². The Bertz CT molecular complexity index is 410.